The van der Waals surface area contributed by atoms with Gasteiger partial charge in [-0.2, -0.15) is 13.2 Å². The fraction of sp³-hybridized carbons (Fsp3) is 0.571. The highest BCUT2D eigenvalue weighted by molar-refractivity contribution is 6.00. The number of amides is 1. The van der Waals surface area contributed by atoms with Crippen molar-refractivity contribution < 1.29 is 22.7 Å². The van der Waals surface area contributed by atoms with E-state index in [0.717, 1.165) is 41.5 Å². The molecule has 1 aromatic heterocycles. The minimum Gasteiger partial charge on any atom is -0.378 e. The van der Waals surface area contributed by atoms with Crippen LogP contribution in [0.5, 0.6) is 0 Å². The van der Waals surface area contributed by atoms with Gasteiger partial charge in [-0.25, -0.2) is 4.98 Å². The maximum absolute atomic E-state index is 14.0. The highest BCUT2D eigenvalue weighted by atomic mass is 19.4. The van der Waals surface area contributed by atoms with Gasteiger partial charge in [0, 0.05) is 42.5 Å². The Kier molecular flexibility index (Phi) is 7.81. The molecule has 1 atom stereocenters. The number of nitrogens with one attached hydrogen (secondary N) is 2. The van der Waals surface area contributed by atoms with Crippen LogP contribution in [0.25, 0.3) is 0 Å². The van der Waals surface area contributed by atoms with E-state index in [1.165, 1.54) is 0 Å². The first kappa shape index (κ1) is 26.7. The number of pyridine rings is 1. The Labute approximate surface area is 221 Å². The van der Waals surface area contributed by atoms with Crippen LogP contribution in [0.1, 0.15) is 45.1 Å². The van der Waals surface area contributed by atoms with Gasteiger partial charge in [0.1, 0.15) is 11.9 Å². The monoisotopic (exact) mass is 531 g/mol. The Bertz CT molecular complexity index is 1130. The molecule has 10 heteroatoms. The molecule has 3 aliphatic rings. The van der Waals surface area contributed by atoms with Crippen LogP contribution in [0.3, 0.4) is 0 Å². The van der Waals surface area contributed by atoms with E-state index >= 15 is 0 Å². The molecule has 1 amide bonds. The largest absolute Gasteiger partial charge is 0.404 e. The molecule has 0 bridgehead atoms. The lowest BCUT2D eigenvalue weighted by atomic mass is 9.84. The summed E-state index contributed by atoms with van der Waals surface area (Å²) in [4.78, 5) is 22.6. The molecule has 2 aromatic rings. The molecule has 2 N–H and O–H groups in total. The van der Waals surface area contributed by atoms with Crippen LogP contribution >= 0.6 is 0 Å². The standard InChI is InChI=1S/C28H36F3N5O2/c1-18(2)25(28(29,30)31)33-21-7-5-19(6-8-21)27(37)36-17-20-4-3-11-32-26(20)34-23-10-9-22(16-24(23)36)35-12-14-38-15-13-35/h3-4,9-11,16,18-19,21,25,33H,5-8,12-15,17H2,1-2H3,(H,32,34)/t19-,21-,25?. The number of carbonyl (C=O) groups is 1. The smallest absolute Gasteiger partial charge is 0.378 e. The minimum absolute atomic E-state index is 0.0126. The van der Waals surface area contributed by atoms with Crippen molar-refractivity contribution >= 4 is 28.8 Å². The molecule has 0 spiro atoms. The first-order chi connectivity index (χ1) is 18.2. The number of fused-ring (bicyclic) bond motifs is 2. The van der Waals surface area contributed by atoms with Gasteiger partial charge in [-0.1, -0.05) is 19.9 Å². The van der Waals surface area contributed by atoms with Gasteiger partial charge in [-0.3, -0.25) is 4.79 Å². The van der Waals surface area contributed by atoms with Crippen molar-refractivity contribution in [2.24, 2.45) is 11.8 Å². The quantitative estimate of drug-likeness (QED) is 0.550. The maximum Gasteiger partial charge on any atom is 0.404 e. The summed E-state index contributed by atoms with van der Waals surface area (Å²) >= 11 is 0. The van der Waals surface area contributed by atoms with Crippen LogP contribution in [-0.2, 0) is 16.1 Å². The molecule has 206 valence electrons. The van der Waals surface area contributed by atoms with Crippen molar-refractivity contribution in [1.29, 1.82) is 0 Å². The number of benzene rings is 1. The molecule has 0 radical (unpaired) electrons. The summed E-state index contributed by atoms with van der Waals surface area (Å²) in [5.74, 6) is -0.0548. The van der Waals surface area contributed by atoms with E-state index in [9.17, 15) is 18.0 Å². The predicted octanol–water partition coefficient (Wildman–Crippen LogP) is 5.24. The first-order valence-corrected chi connectivity index (χ1v) is 13.5. The molecule has 1 saturated heterocycles. The molecule has 1 unspecified atom stereocenters. The Morgan fingerprint density at radius 2 is 1.87 bits per heavy atom. The zero-order chi connectivity index (χ0) is 26.9. The minimum atomic E-state index is -4.29. The molecule has 7 nitrogen and oxygen atoms in total. The van der Waals surface area contributed by atoms with Crippen LogP contribution in [0.2, 0.25) is 0 Å². The van der Waals surface area contributed by atoms with Crippen LogP contribution in [0, 0.1) is 11.8 Å². The summed E-state index contributed by atoms with van der Waals surface area (Å²) in [5, 5.41) is 6.24. The average molecular weight is 532 g/mol. The first-order valence-electron chi connectivity index (χ1n) is 13.5. The Morgan fingerprint density at radius 3 is 2.55 bits per heavy atom. The van der Waals surface area contributed by atoms with Crippen molar-refractivity contribution in [3.05, 3.63) is 42.1 Å². The lowest BCUT2D eigenvalue weighted by Gasteiger charge is -2.36. The zero-order valence-electron chi connectivity index (χ0n) is 21.9. The number of nitrogens with zero attached hydrogens (tertiary/aromatic N) is 3. The predicted molar refractivity (Wildman–Crippen MR) is 142 cm³/mol. The third-order valence-electron chi connectivity index (χ3n) is 7.90. The van der Waals surface area contributed by atoms with E-state index in [-0.39, 0.29) is 17.9 Å². The number of rotatable bonds is 5. The van der Waals surface area contributed by atoms with E-state index in [1.54, 1.807) is 20.0 Å². The molecule has 2 aliphatic heterocycles. The van der Waals surface area contributed by atoms with Gasteiger partial charge in [-0.15, -0.1) is 0 Å². The SMILES string of the molecule is CC(C)C(N[C@H]1CC[C@H](C(=O)N2Cc3cccnc3Nc3ccc(N4CCOCC4)cc32)CC1)C(F)(F)F. The fourth-order valence-electron chi connectivity index (χ4n) is 5.77. The Balaban J connectivity index is 1.36. The highest BCUT2D eigenvalue weighted by Gasteiger charge is 2.43. The number of anilines is 4. The van der Waals surface area contributed by atoms with Crippen LogP contribution in [0.15, 0.2) is 36.5 Å². The summed E-state index contributed by atoms with van der Waals surface area (Å²) in [6.07, 6.45) is -0.363. The zero-order valence-corrected chi connectivity index (χ0v) is 21.9. The fourth-order valence-corrected chi connectivity index (χ4v) is 5.77. The third kappa shape index (κ3) is 5.76. The van der Waals surface area contributed by atoms with Crippen molar-refractivity contribution in [3.8, 4) is 0 Å². The Hall–Kier alpha value is -2.85. The topological polar surface area (TPSA) is 69.7 Å². The summed E-state index contributed by atoms with van der Waals surface area (Å²) in [6, 6.07) is 8.15. The van der Waals surface area contributed by atoms with E-state index in [0.29, 0.717) is 45.4 Å². The van der Waals surface area contributed by atoms with Gasteiger partial charge in [0.25, 0.3) is 0 Å². The van der Waals surface area contributed by atoms with Gasteiger partial charge in [0.05, 0.1) is 31.1 Å². The molecule has 3 heterocycles. The summed E-state index contributed by atoms with van der Waals surface area (Å²) in [5.41, 5.74) is 3.57. The van der Waals surface area contributed by atoms with E-state index in [2.05, 4.69) is 32.7 Å². The highest BCUT2D eigenvalue weighted by Crippen LogP contribution is 2.40. The van der Waals surface area contributed by atoms with Gasteiger partial charge >= 0.3 is 6.18 Å². The van der Waals surface area contributed by atoms with Crippen molar-refractivity contribution in [2.75, 3.05) is 41.4 Å². The molecular weight excluding hydrogens is 495 g/mol. The molecule has 38 heavy (non-hydrogen) atoms. The van der Waals surface area contributed by atoms with Crippen LogP contribution in [-0.4, -0.2) is 55.5 Å². The molecule has 1 saturated carbocycles. The van der Waals surface area contributed by atoms with Crippen molar-refractivity contribution in [2.45, 2.75) is 64.3 Å². The second-order valence-electron chi connectivity index (χ2n) is 10.8. The van der Waals surface area contributed by atoms with Crippen molar-refractivity contribution in [3.63, 3.8) is 0 Å². The Morgan fingerprint density at radius 1 is 1.13 bits per heavy atom. The number of hydrogen-bond acceptors (Lipinski definition) is 6. The van der Waals surface area contributed by atoms with E-state index in [1.807, 2.05) is 23.1 Å². The number of carbonyl (C=O) groups excluding carboxylic acids is 1. The number of aromatic nitrogens is 1. The van der Waals surface area contributed by atoms with Gasteiger partial charge < -0.3 is 25.2 Å². The molecular formula is C28H36F3N5O2. The normalized spacial score (nSPS) is 22.8. The average Bonchev–Trinajstić information content (AvgIpc) is 3.07. The number of halogens is 3. The number of morpholine rings is 1. The van der Waals surface area contributed by atoms with Crippen LogP contribution in [0.4, 0.5) is 36.1 Å². The number of alkyl halides is 3. The van der Waals surface area contributed by atoms with E-state index < -0.39 is 18.1 Å². The van der Waals surface area contributed by atoms with Crippen molar-refractivity contribution in [1.82, 2.24) is 10.3 Å². The molecule has 5 rings (SSSR count). The second kappa shape index (κ2) is 11.1. The summed E-state index contributed by atoms with van der Waals surface area (Å²) in [6.45, 7) is 6.46. The lowest BCUT2D eigenvalue weighted by Crippen LogP contribution is -2.51. The third-order valence-corrected chi connectivity index (χ3v) is 7.90. The van der Waals surface area contributed by atoms with Gasteiger partial charge in [0.2, 0.25) is 5.91 Å². The van der Waals surface area contributed by atoms with Gasteiger partial charge in [-0.05, 0) is 55.9 Å². The van der Waals surface area contributed by atoms with Crippen LogP contribution < -0.4 is 20.4 Å². The molecule has 2 fully saturated rings. The molecule has 1 aromatic carbocycles. The number of ether oxygens (including phenoxy) is 1. The maximum atomic E-state index is 14.0. The van der Waals surface area contributed by atoms with E-state index in [4.69, 9.17) is 4.74 Å². The summed E-state index contributed by atoms with van der Waals surface area (Å²) in [7, 11) is 0. The number of hydrogen-bond donors (Lipinski definition) is 2. The van der Waals surface area contributed by atoms with Gasteiger partial charge in [0.15, 0.2) is 0 Å². The molecule has 1 aliphatic carbocycles. The summed E-state index contributed by atoms with van der Waals surface area (Å²) < 4.78 is 46.0. The lowest BCUT2D eigenvalue weighted by molar-refractivity contribution is -0.168. The second-order valence-corrected chi connectivity index (χ2v) is 10.8.